The van der Waals surface area contributed by atoms with Gasteiger partial charge < -0.3 is 30.3 Å². The summed E-state index contributed by atoms with van der Waals surface area (Å²) in [6.07, 6.45) is 1.99. The lowest BCUT2D eigenvalue weighted by molar-refractivity contribution is -0.130. The lowest BCUT2D eigenvalue weighted by atomic mass is 9.88. The topological polar surface area (TPSA) is 102 Å². The van der Waals surface area contributed by atoms with Gasteiger partial charge >= 0.3 is 0 Å². The fraction of sp³-hybridized carbons (Fsp3) is 0.435. The Bertz CT molecular complexity index is 884. The zero-order chi connectivity index (χ0) is 21.7. The standard InChI is InChI=1S/C23H30N2O5/c1-25(2)23(29)14-30-20-7-4-15-3-6-19(10-17(15)11-20)24-12-22(28)16-5-8-21(27)18(9-16)13-26/h4-5,7-9,11,19,22,24,26-28H,3,6,10,12-14H2,1-2H3. The van der Waals surface area contributed by atoms with Gasteiger partial charge in [0.05, 0.1) is 12.7 Å². The Morgan fingerprint density at radius 2 is 2.03 bits per heavy atom. The molecule has 0 radical (unpaired) electrons. The number of hydrogen-bond acceptors (Lipinski definition) is 6. The van der Waals surface area contributed by atoms with Crippen LogP contribution in [0.2, 0.25) is 0 Å². The summed E-state index contributed by atoms with van der Waals surface area (Å²) in [5.41, 5.74) is 3.53. The maximum absolute atomic E-state index is 11.7. The minimum atomic E-state index is -0.732. The number of nitrogens with zero attached hydrogens (tertiary/aromatic N) is 1. The number of likely N-dealkylation sites (N-methyl/N-ethyl adjacent to an activating group) is 1. The van der Waals surface area contributed by atoms with Crippen molar-refractivity contribution < 1.29 is 24.9 Å². The number of rotatable bonds is 8. The van der Waals surface area contributed by atoms with Gasteiger partial charge in [-0.1, -0.05) is 12.1 Å². The Morgan fingerprint density at radius 3 is 2.77 bits per heavy atom. The first-order valence-electron chi connectivity index (χ1n) is 10.2. The van der Waals surface area contributed by atoms with Crippen LogP contribution in [-0.2, 0) is 24.2 Å². The Hall–Kier alpha value is -2.61. The van der Waals surface area contributed by atoms with E-state index in [-0.39, 0.29) is 30.9 Å². The van der Waals surface area contributed by atoms with E-state index >= 15 is 0 Å². The number of amides is 1. The molecule has 2 unspecified atom stereocenters. The average molecular weight is 415 g/mol. The van der Waals surface area contributed by atoms with Crippen molar-refractivity contribution in [1.29, 1.82) is 0 Å². The third-order valence-corrected chi connectivity index (χ3v) is 5.53. The number of aliphatic hydroxyl groups is 2. The van der Waals surface area contributed by atoms with Crippen molar-refractivity contribution in [3.63, 3.8) is 0 Å². The molecule has 162 valence electrons. The van der Waals surface area contributed by atoms with Crippen molar-refractivity contribution in [3.05, 3.63) is 58.7 Å². The molecule has 1 amide bonds. The molecule has 30 heavy (non-hydrogen) atoms. The van der Waals surface area contributed by atoms with Gasteiger partial charge in [0.15, 0.2) is 6.61 Å². The summed E-state index contributed by atoms with van der Waals surface area (Å²) in [5.74, 6) is 0.626. The third-order valence-electron chi connectivity index (χ3n) is 5.53. The number of fused-ring (bicyclic) bond motifs is 1. The molecule has 3 rings (SSSR count). The molecule has 2 aromatic rings. The molecule has 7 heteroatoms. The van der Waals surface area contributed by atoms with Crippen molar-refractivity contribution in [2.24, 2.45) is 0 Å². The first-order chi connectivity index (χ1) is 14.4. The highest BCUT2D eigenvalue weighted by atomic mass is 16.5. The van der Waals surface area contributed by atoms with E-state index in [9.17, 15) is 20.1 Å². The predicted molar refractivity (Wildman–Crippen MR) is 113 cm³/mol. The van der Waals surface area contributed by atoms with E-state index in [0.29, 0.717) is 23.4 Å². The minimum absolute atomic E-state index is 0.0160. The van der Waals surface area contributed by atoms with E-state index in [1.807, 2.05) is 12.1 Å². The second-order valence-corrected chi connectivity index (χ2v) is 7.92. The summed E-state index contributed by atoms with van der Waals surface area (Å²) in [7, 11) is 3.40. The molecule has 0 spiro atoms. The highest BCUT2D eigenvalue weighted by Crippen LogP contribution is 2.27. The van der Waals surface area contributed by atoms with Crippen LogP contribution in [0.25, 0.3) is 0 Å². The second kappa shape index (κ2) is 9.93. The number of aryl methyl sites for hydroxylation is 1. The van der Waals surface area contributed by atoms with Crippen molar-refractivity contribution >= 4 is 5.91 Å². The van der Waals surface area contributed by atoms with Crippen LogP contribution >= 0.6 is 0 Å². The van der Waals surface area contributed by atoms with Crippen molar-refractivity contribution in [1.82, 2.24) is 10.2 Å². The molecule has 4 N–H and O–H groups in total. The lowest BCUT2D eigenvalue weighted by Gasteiger charge is -2.27. The number of carbonyl (C=O) groups excluding carboxylic acids is 1. The van der Waals surface area contributed by atoms with E-state index in [2.05, 4.69) is 11.4 Å². The molecular formula is C23H30N2O5. The monoisotopic (exact) mass is 414 g/mol. The van der Waals surface area contributed by atoms with E-state index in [4.69, 9.17) is 4.74 Å². The number of carbonyl (C=O) groups is 1. The van der Waals surface area contributed by atoms with Gasteiger partial charge in [0.25, 0.3) is 5.91 Å². The summed E-state index contributed by atoms with van der Waals surface area (Å²) in [6, 6.07) is 11.0. The fourth-order valence-corrected chi connectivity index (χ4v) is 3.61. The van der Waals surface area contributed by atoms with Crippen molar-refractivity contribution in [3.8, 4) is 11.5 Å². The van der Waals surface area contributed by atoms with Gasteiger partial charge in [-0.25, -0.2) is 0 Å². The highest BCUT2D eigenvalue weighted by molar-refractivity contribution is 5.77. The van der Waals surface area contributed by atoms with Crippen LogP contribution in [0, 0.1) is 0 Å². The molecule has 0 bridgehead atoms. The predicted octanol–water partition coefficient (Wildman–Crippen LogP) is 1.53. The lowest BCUT2D eigenvalue weighted by Crippen LogP contribution is -2.37. The summed E-state index contributed by atoms with van der Waals surface area (Å²) in [4.78, 5) is 13.2. The van der Waals surface area contributed by atoms with Gasteiger partial charge in [-0.3, -0.25) is 4.79 Å². The molecule has 0 aromatic heterocycles. The number of nitrogens with one attached hydrogen (secondary N) is 1. The minimum Gasteiger partial charge on any atom is -0.508 e. The zero-order valence-electron chi connectivity index (χ0n) is 17.5. The molecule has 0 heterocycles. The van der Waals surface area contributed by atoms with E-state index in [1.54, 1.807) is 26.2 Å². The zero-order valence-corrected chi connectivity index (χ0v) is 17.5. The third kappa shape index (κ3) is 5.50. The van der Waals surface area contributed by atoms with Crippen LogP contribution in [-0.4, -0.2) is 59.4 Å². The van der Waals surface area contributed by atoms with Gasteiger partial charge in [-0.2, -0.15) is 0 Å². The Balaban J connectivity index is 1.56. The number of hydrogen-bond donors (Lipinski definition) is 4. The van der Waals surface area contributed by atoms with Crippen LogP contribution in [0.3, 0.4) is 0 Å². The molecule has 0 fully saturated rings. The molecule has 2 aromatic carbocycles. The second-order valence-electron chi connectivity index (χ2n) is 7.92. The number of ether oxygens (including phenoxy) is 1. The molecule has 0 saturated heterocycles. The van der Waals surface area contributed by atoms with Gasteiger partial charge in [-0.15, -0.1) is 0 Å². The first kappa shape index (κ1) is 22.1. The summed E-state index contributed by atoms with van der Waals surface area (Å²) in [6.45, 7) is 0.120. The van der Waals surface area contributed by atoms with E-state index in [1.165, 1.54) is 22.1 Å². The maximum atomic E-state index is 11.7. The van der Waals surface area contributed by atoms with Crippen LogP contribution in [0.1, 0.15) is 34.8 Å². The SMILES string of the molecule is CN(C)C(=O)COc1ccc2c(c1)CC(NCC(O)c1ccc(O)c(CO)c1)CC2. The van der Waals surface area contributed by atoms with Crippen molar-refractivity contribution in [2.75, 3.05) is 27.2 Å². The molecular weight excluding hydrogens is 384 g/mol. The maximum Gasteiger partial charge on any atom is 0.259 e. The van der Waals surface area contributed by atoms with Gasteiger partial charge in [0, 0.05) is 32.2 Å². The molecule has 1 aliphatic rings. The summed E-state index contributed by atoms with van der Waals surface area (Å²) < 4.78 is 5.63. The number of phenols is 1. The first-order valence-corrected chi connectivity index (χ1v) is 10.2. The summed E-state index contributed by atoms with van der Waals surface area (Å²) in [5, 5.41) is 32.9. The van der Waals surface area contributed by atoms with Crippen LogP contribution < -0.4 is 10.1 Å². The average Bonchev–Trinajstić information content (AvgIpc) is 2.75. The van der Waals surface area contributed by atoms with Crippen LogP contribution in [0.5, 0.6) is 11.5 Å². The molecule has 2 atom stereocenters. The van der Waals surface area contributed by atoms with Crippen molar-refractivity contribution in [2.45, 2.75) is 38.0 Å². The quantitative estimate of drug-likeness (QED) is 0.523. The molecule has 7 nitrogen and oxygen atoms in total. The molecule has 1 aliphatic carbocycles. The van der Waals surface area contributed by atoms with Crippen LogP contribution in [0.4, 0.5) is 0 Å². The van der Waals surface area contributed by atoms with Gasteiger partial charge in [0.1, 0.15) is 11.5 Å². The number of benzene rings is 2. The Labute approximate surface area is 176 Å². The molecule has 0 aliphatic heterocycles. The largest absolute Gasteiger partial charge is 0.508 e. The summed E-state index contributed by atoms with van der Waals surface area (Å²) >= 11 is 0. The van der Waals surface area contributed by atoms with E-state index in [0.717, 1.165) is 19.3 Å². The fourth-order valence-electron chi connectivity index (χ4n) is 3.61. The Morgan fingerprint density at radius 1 is 1.23 bits per heavy atom. The number of aromatic hydroxyl groups is 1. The van der Waals surface area contributed by atoms with Gasteiger partial charge in [-0.05, 0) is 60.2 Å². The Kier molecular flexibility index (Phi) is 7.31. The smallest absolute Gasteiger partial charge is 0.259 e. The normalized spacial score (nSPS) is 16.6. The highest BCUT2D eigenvalue weighted by Gasteiger charge is 2.20. The number of aliphatic hydroxyl groups excluding tert-OH is 2. The van der Waals surface area contributed by atoms with Gasteiger partial charge in [0.2, 0.25) is 0 Å². The van der Waals surface area contributed by atoms with E-state index < -0.39 is 6.10 Å². The van der Waals surface area contributed by atoms with Crippen LogP contribution in [0.15, 0.2) is 36.4 Å². The molecule has 0 saturated carbocycles.